The Hall–Kier alpha value is -5.20. The van der Waals surface area contributed by atoms with Gasteiger partial charge in [0, 0.05) is 91.5 Å². The third-order valence-corrected chi connectivity index (χ3v) is 16.6. The van der Waals surface area contributed by atoms with Gasteiger partial charge in [-0.05, 0) is 102 Å². The number of aromatic carboxylic acids is 1. The summed E-state index contributed by atoms with van der Waals surface area (Å²) < 4.78 is 19.3. The number of thioether (sulfide) groups is 1. The Kier molecular flexibility index (Phi) is 19.1. The van der Waals surface area contributed by atoms with Gasteiger partial charge >= 0.3 is 12.0 Å². The summed E-state index contributed by atoms with van der Waals surface area (Å²) in [7, 11) is 0. The Morgan fingerprint density at radius 1 is 0.836 bits per heavy atom. The minimum absolute atomic E-state index is 0.00327. The molecule has 2 aromatic rings. The standard InChI is InChI=1S/C55H72ClN7O9S/c1-55(2)44-31-38(62-22-9-23-62)13-16-41(44)49(43-30-36(12-15-40(43)53(67)68)51(65)58-21-27-72-29-28-70-24-8-4-3-7-18-56)42-17-14-39(32-45(42)55)63-33-37(34-63)52(66)59-20-26-71-25-19-57-48(64)11-6-5-10-47-50-46(35-73-47)60-54(69)61-50/h12-17,30-32,37,46-47,50H,3-11,18-29,33-35H2,1-2H3,(H5-,57,58,59,60,61,64,65,66,67,68,69)/p+1/t46-,47-,50-/m0/s1. The SMILES string of the molecule is CC1(C)C2=CC(=[N+]3CC(C(=O)NCCOCCNC(=O)CCCC[C@@H]4SC[C@@H]5NC(=O)N[C@@H]54)C3)C=CC2=C(c2cc(C(=O)NCCOCCOCCCCCCCl)ccc2C(=O)O)c2ccc(N3CCC3)cc21. The van der Waals surface area contributed by atoms with Crippen LogP contribution in [-0.2, 0) is 29.2 Å². The average Bonchev–Trinajstić information content (AvgIpc) is 3.90. The number of fused-ring (bicyclic) bond motifs is 3. The van der Waals surface area contributed by atoms with Crippen molar-refractivity contribution in [1.82, 2.24) is 26.6 Å². The summed E-state index contributed by atoms with van der Waals surface area (Å²) in [5.41, 5.74) is 7.22. The van der Waals surface area contributed by atoms with Crippen molar-refractivity contribution in [2.24, 2.45) is 5.92 Å². The van der Waals surface area contributed by atoms with Gasteiger partial charge in [0.2, 0.25) is 11.8 Å². The Morgan fingerprint density at radius 2 is 1.58 bits per heavy atom. The van der Waals surface area contributed by atoms with Crippen molar-refractivity contribution in [3.63, 3.8) is 0 Å². The van der Waals surface area contributed by atoms with Crippen LogP contribution in [0.4, 0.5) is 10.5 Å². The Bertz CT molecular complexity index is 2480. The van der Waals surface area contributed by atoms with E-state index in [2.05, 4.69) is 80.3 Å². The molecule has 3 atom stereocenters. The quantitative estimate of drug-likeness (QED) is 0.0261. The van der Waals surface area contributed by atoms with Gasteiger partial charge in [-0.1, -0.05) is 39.2 Å². The molecule has 394 valence electrons. The summed E-state index contributed by atoms with van der Waals surface area (Å²) >= 11 is 7.63. The molecule has 2 aromatic carbocycles. The van der Waals surface area contributed by atoms with Crippen LogP contribution in [-0.4, -0.2) is 160 Å². The van der Waals surface area contributed by atoms with Crippen LogP contribution in [0.15, 0.2) is 65.8 Å². The molecule has 8 rings (SSSR count). The van der Waals surface area contributed by atoms with Crippen molar-refractivity contribution in [2.45, 2.75) is 94.4 Å². The van der Waals surface area contributed by atoms with Gasteiger partial charge in [0.1, 0.15) is 0 Å². The number of nitrogens with zero attached hydrogens (tertiary/aromatic N) is 2. The first-order valence-corrected chi connectivity index (χ1v) is 27.9. The van der Waals surface area contributed by atoms with Crippen LogP contribution in [0.5, 0.6) is 0 Å². The van der Waals surface area contributed by atoms with Crippen LogP contribution in [0.1, 0.15) is 109 Å². The zero-order chi connectivity index (χ0) is 51.3. The summed E-state index contributed by atoms with van der Waals surface area (Å²) in [4.78, 5) is 66.1. The first-order valence-electron chi connectivity index (χ1n) is 26.3. The van der Waals surface area contributed by atoms with Crippen molar-refractivity contribution < 1.29 is 47.9 Å². The molecular weight excluding hydrogens is 970 g/mol. The molecule has 0 radical (unpaired) electrons. The molecule has 5 amide bonds. The number of halogens is 1. The number of benzene rings is 2. The van der Waals surface area contributed by atoms with Gasteiger partial charge in [-0.2, -0.15) is 11.8 Å². The number of unbranched alkanes of at least 4 members (excludes halogenated alkanes) is 4. The first-order chi connectivity index (χ1) is 35.4. The number of alkyl halides is 1. The Labute approximate surface area is 438 Å². The second-order valence-corrected chi connectivity index (χ2v) is 21.8. The number of carbonyl (C=O) groups is 5. The lowest BCUT2D eigenvalue weighted by Gasteiger charge is -2.41. The summed E-state index contributed by atoms with van der Waals surface area (Å²) in [5, 5.41) is 25.8. The van der Waals surface area contributed by atoms with Gasteiger partial charge in [-0.3, -0.25) is 14.4 Å². The maximum absolute atomic E-state index is 13.6. The van der Waals surface area contributed by atoms with E-state index >= 15 is 0 Å². The van der Waals surface area contributed by atoms with Gasteiger partial charge in [-0.25, -0.2) is 14.2 Å². The lowest BCUT2D eigenvalue weighted by atomic mass is 9.64. The zero-order valence-corrected chi connectivity index (χ0v) is 43.9. The van der Waals surface area contributed by atoms with Gasteiger partial charge in [0.15, 0.2) is 24.7 Å². The number of anilines is 1. The number of amides is 5. The lowest BCUT2D eigenvalue weighted by molar-refractivity contribution is -0.596. The van der Waals surface area contributed by atoms with E-state index in [9.17, 15) is 29.1 Å². The predicted molar refractivity (Wildman–Crippen MR) is 285 cm³/mol. The molecule has 4 fully saturated rings. The maximum Gasteiger partial charge on any atom is 0.336 e. The number of urea groups is 1. The number of hydrogen-bond acceptors (Lipinski definition) is 10. The molecule has 6 N–H and O–H groups in total. The van der Waals surface area contributed by atoms with Gasteiger partial charge in [0.05, 0.1) is 50.7 Å². The fourth-order valence-corrected chi connectivity index (χ4v) is 12.2. The molecule has 6 aliphatic rings. The smallest absolute Gasteiger partial charge is 0.336 e. The third kappa shape index (κ3) is 13.6. The fourth-order valence-electron chi connectivity index (χ4n) is 10.4. The Morgan fingerprint density at radius 3 is 2.33 bits per heavy atom. The molecule has 0 aromatic heterocycles. The zero-order valence-electron chi connectivity index (χ0n) is 42.4. The molecule has 0 bridgehead atoms. The van der Waals surface area contributed by atoms with E-state index in [-0.39, 0.29) is 53.9 Å². The first kappa shape index (κ1) is 54.1. The highest BCUT2D eigenvalue weighted by molar-refractivity contribution is 8.00. The van der Waals surface area contributed by atoms with Crippen LogP contribution >= 0.6 is 23.4 Å². The van der Waals surface area contributed by atoms with Gasteiger partial charge < -0.3 is 50.8 Å². The van der Waals surface area contributed by atoms with Gasteiger partial charge in [-0.15, -0.1) is 11.6 Å². The molecule has 0 spiro atoms. The topological polar surface area (TPSA) is 200 Å². The molecule has 16 nitrogen and oxygen atoms in total. The van der Waals surface area contributed by atoms with Crippen LogP contribution in [0.3, 0.4) is 0 Å². The number of allylic oxidation sites excluding steroid dienone is 5. The number of rotatable bonds is 28. The van der Waals surface area contributed by atoms with E-state index in [4.69, 9.17) is 25.8 Å². The predicted octanol–water partition coefficient (Wildman–Crippen LogP) is 5.80. The molecule has 4 heterocycles. The van der Waals surface area contributed by atoms with Crippen molar-refractivity contribution in [2.75, 3.05) is 102 Å². The number of carboxylic acid groups (broad SMARTS) is 1. The second kappa shape index (κ2) is 25.8. The highest BCUT2D eigenvalue weighted by Gasteiger charge is 2.44. The van der Waals surface area contributed by atoms with E-state index in [0.717, 1.165) is 109 Å². The monoisotopic (exact) mass is 1040 g/mol. The fraction of sp³-hybridized carbons (Fsp3) is 0.564. The molecule has 4 aliphatic heterocycles. The number of hydrogen-bond donors (Lipinski definition) is 6. The molecule has 2 aliphatic carbocycles. The van der Waals surface area contributed by atoms with Crippen molar-refractivity contribution in [3.05, 3.63) is 93.6 Å². The Balaban J connectivity index is 0.846. The minimum Gasteiger partial charge on any atom is -0.478 e. The lowest BCUT2D eigenvalue weighted by Crippen LogP contribution is -2.51. The normalized spacial score (nSPS) is 21.3. The molecular formula is C55H73ClN7O9S+. The summed E-state index contributed by atoms with van der Waals surface area (Å²) in [5.74, 6) is -0.0120. The van der Waals surface area contributed by atoms with Crippen molar-refractivity contribution in [3.8, 4) is 0 Å². The number of nitrogens with one attached hydrogen (secondary N) is 5. The van der Waals surface area contributed by atoms with E-state index in [0.29, 0.717) is 94.5 Å². The van der Waals surface area contributed by atoms with Gasteiger partial charge in [0.25, 0.3) is 5.91 Å². The van der Waals surface area contributed by atoms with E-state index in [1.54, 1.807) is 12.1 Å². The van der Waals surface area contributed by atoms with E-state index in [1.807, 2.05) is 17.8 Å². The molecule has 4 saturated heterocycles. The van der Waals surface area contributed by atoms with Crippen LogP contribution in [0.2, 0.25) is 0 Å². The number of carboxylic acids is 1. The summed E-state index contributed by atoms with van der Waals surface area (Å²) in [6.07, 6.45) is 14.8. The van der Waals surface area contributed by atoms with Crippen molar-refractivity contribution >= 4 is 70.1 Å². The van der Waals surface area contributed by atoms with E-state index in [1.165, 1.54) is 6.07 Å². The highest BCUT2D eigenvalue weighted by Crippen LogP contribution is 2.51. The largest absolute Gasteiger partial charge is 0.478 e. The van der Waals surface area contributed by atoms with E-state index < -0.39 is 11.4 Å². The van der Waals surface area contributed by atoms with Crippen LogP contribution in [0.25, 0.3) is 5.57 Å². The summed E-state index contributed by atoms with van der Waals surface area (Å²) in [6, 6.07) is 11.6. The molecule has 18 heteroatoms. The third-order valence-electron chi connectivity index (χ3n) is 14.8. The average molecular weight is 1040 g/mol. The highest BCUT2D eigenvalue weighted by atomic mass is 35.5. The summed E-state index contributed by atoms with van der Waals surface area (Å²) in [6.45, 7) is 11.1. The number of ether oxygens (including phenoxy) is 3. The van der Waals surface area contributed by atoms with Crippen LogP contribution in [0, 0.1) is 5.92 Å². The minimum atomic E-state index is -1.09. The van der Waals surface area contributed by atoms with Crippen molar-refractivity contribution in [1.29, 1.82) is 0 Å². The maximum atomic E-state index is 13.6. The molecule has 73 heavy (non-hydrogen) atoms. The number of carbonyl (C=O) groups excluding carboxylic acids is 4. The molecule has 0 saturated carbocycles. The van der Waals surface area contributed by atoms with Crippen LogP contribution < -0.4 is 31.5 Å². The second-order valence-electron chi connectivity index (χ2n) is 20.2. The molecule has 0 unspecified atom stereocenters.